The number of rotatable bonds is 5. The predicted molar refractivity (Wildman–Crippen MR) is 87.5 cm³/mol. The van der Waals surface area contributed by atoms with E-state index < -0.39 is 0 Å². The quantitative estimate of drug-likeness (QED) is 0.836. The summed E-state index contributed by atoms with van der Waals surface area (Å²) in [4.78, 5) is 23.8. The van der Waals surface area contributed by atoms with Gasteiger partial charge < -0.3 is 15.1 Å². The van der Waals surface area contributed by atoms with Crippen molar-refractivity contribution in [2.24, 2.45) is 11.8 Å². The molecule has 1 heterocycles. The van der Waals surface area contributed by atoms with Crippen molar-refractivity contribution >= 4 is 27.7 Å². The number of hydrogen-bond donors (Lipinski definition) is 2. The zero-order valence-electron chi connectivity index (χ0n) is 13.0. The Hall–Kier alpha value is -1.30. The fourth-order valence-corrected chi connectivity index (χ4v) is 3.18. The number of carbonyl (C=O) groups excluding carboxylic acids is 2. The van der Waals surface area contributed by atoms with Crippen LogP contribution in [0.15, 0.2) is 21.2 Å². The molecule has 6 heteroatoms. The van der Waals surface area contributed by atoms with E-state index in [1.165, 1.54) is 12.8 Å². The van der Waals surface area contributed by atoms with Crippen LogP contribution in [0.2, 0.25) is 0 Å². The zero-order valence-corrected chi connectivity index (χ0v) is 14.6. The highest BCUT2D eigenvalue weighted by Crippen LogP contribution is 2.29. The number of halogens is 1. The lowest BCUT2D eigenvalue weighted by Crippen LogP contribution is -2.44. The average molecular weight is 371 g/mol. The normalized spacial score (nSPS) is 24.8. The van der Waals surface area contributed by atoms with Gasteiger partial charge in [-0.2, -0.15) is 0 Å². The summed E-state index contributed by atoms with van der Waals surface area (Å²) in [6.07, 6.45) is 3.73. The molecule has 22 heavy (non-hydrogen) atoms. The second kappa shape index (κ2) is 7.81. The van der Waals surface area contributed by atoms with Crippen molar-refractivity contribution in [2.45, 2.75) is 45.6 Å². The number of amides is 2. The molecule has 0 spiro atoms. The molecule has 0 aliphatic heterocycles. The second-order valence-electron chi connectivity index (χ2n) is 6.05. The Labute approximate surface area is 139 Å². The van der Waals surface area contributed by atoms with Crippen LogP contribution >= 0.6 is 15.9 Å². The molecule has 0 unspecified atom stereocenters. The molecule has 3 atom stereocenters. The molecule has 0 aromatic carbocycles. The molecule has 1 aliphatic rings. The van der Waals surface area contributed by atoms with Gasteiger partial charge in [-0.1, -0.05) is 26.7 Å². The maximum absolute atomic E-state index is 12.0. The molecule has 5 nitrogen and oxygen atoms in total. The monoisotopic (exact) mass is 370 g/mol. The molecule has 0 radical (unpaired) electrons. The molecule has 1 aromatic heterocycles. The molecule has 0 bridgehead atoms. The van der Waals surface area contributed by atoms with Gasteiger partial charge in [-0.25, -0.2) is 0 Å². The van der Waals surface area contributed by atoms with E-state index in [0.717, 1.165) is 6.42 Å². The van der Waals surface area contributed by atoms with Crippen LogP contribution in [0.25, 0.3) is 0 Å². The van der Waals surface area contributed by atoms with E-state index in [1.54, 1.807) is 12.1 Å². The number of nitrogens with one attached hydrogen (secondary N) is 2. The number of carbonyl (C=O) groups is 2. The van der Waals surface area contributed by atoms with Gasteiger partial charge in [-0.05, 0) is 46.3 Å². The Kier molecular flexibility index (Phi) is 6.06. The minimum Gasteiger partial charge on any atom is -0.444 e. The fraction of sp³-hybridized carbons (Fsp3) is 0.625. The molecule has 122 valence electrons. The SMILES string of the molecule is C[C@H]1[C@H](C)CCC[C@@H]1NC(=O)CCNC(=O)c1ccc(Br)o1. The van der Waals surface area contributed by atoms with Crippen molar-refractivity contribution in [1.29, 1.82) is 0 Å². The van der Waals surface area contributed by atoms with Crippen LogP contribution in [0.3, 0.4) is 0 Å². The third-order valence-corrected chi connectivity index (χ3v) is 4.91. The van der Waals surface area contributed by atoms with Crippen molar-refractivity contribution in [2.75, 3.05) is 6.54 Å². The highest BCUT2D eigenvalue weighted by atomic mass is 79.9. The van der Waals surface area contributed by atoms with Crippen LogP contribution < -0.4 is 10.6 Å². The molecule has 0 saturated heterocycles. The average Bonchev–Trinajstić information content (AvgIpc) is 2.90. The van der Waals surface area contributed by atoms with Crippen LogP contribution in [-0.2, 0) is 4.79 Å². The Morgan fingerprint density at radius 1 is 1.32 bits per heavy atom. The van der Waals surface area contributed by atoms with E-state index in [-0.39, 0.29) is 30.0 Å². The van der Waals surface area contributed by atoms with Crippen molar-refractivity contribution < 1.29 is 14.0 Å². The maximum Gasteiger partial charge on any atom is 0.287 e. The first-order chi connectivity index (χ1) is 10.5. The maximum atomic E-state index is 12.0. The summed E-state index contributed by atoms with van der Waals surface area (Å²) in [5.41, 5.74) is 0. The van der Waals surface area contributed by atoms with Crippen LogP contribution in [0.5, 0.6) is 0 Å². The van der Waals surface area contributed by atoms with Crippen molar-refractivity contribution in [3.63, 3.8) is 0 Å². The lowest BCUT2D eigenvalue weighted by molar-refractivity contribution is -0.122. The summed E-state index contributed by atoms with van der Waals surface area (Å²) in [5, 5.41) is 5.78. The smallest absolute Gasteiger partial charge is 0.287 e. The summed E-state index contributed by atoms with van der Waals surface area (Å²) < 4.78 is 5.66. The minimum absolute atomic E-state index is 0.00752. The first-order valence-corrected chi connectivity index (χ1v) is 8.59. The summed E-state index contributed by atoms with van der Waals surface area (Å²) in [6, 6.07) is 3.51. The van der Waals surface area contributed by atoms with Gasteiger partial charge in [0.1, 0.15) is 0 Å². The van der Waals surface area contributed by atoms with Gasteiger partial charge in [0.05, 0.1) is 0 Å². The minimum atomic E-state index is -0.307. The molecule has 1 aliphatic carbocycles. The van der Waals surface area contributed by atoms with E-state index in [9.17, 15) is 9.59 Å². The largest absolute Gasteiger partial charge is 0.444 e. The van der Waals surface area contributed by atoms with Crippen LogP contribution in [0.4, 0.5) is 0 Å². The third-order valence-electron chi connectivity index (χ3n) is 4.49. The molecule has 1 aromatic rings. The summed E-state index contributed by atoms with van der Waals surface area (Å²) >= 11 is 3.15. The van der Waals surface area contributed by atoms with Crippen LogP contribution in [0, 0.1) is 11.8 Å². The van der Waals surface area contributed by atoms with Gasteiger partial charge in [0, 0.05) is 19.0 Å². The highest BCUT2D eigenvalue weighted by Gasteiger charge is 2.27. The number of furan rings is 1. The van der Waals surface area contributed by atoms with Crippen LogP contribution in [0.1, 0.15) is 50.1 Å². The van der Waals surface area contributed by atoms with Gasteiger partial charge in [0.25, 0.3) is 5.91 Å². The Bertz CT molecular complexity index is 529. The number of hydrogen-bond acceptors (Lipinski definition) is 3. The van der Waals surface area contributed by atoms with Crippen molar-refractivity contribution in [3.05, 3.63) is 22.6 Å². The zero-order chi connectivity index (χ0) is 16.1. The molecule has 2 amide bonds. The Balaban J connectivity index is 1.70. The van der Waals surface area contributed by atoms with Gasteiger partial charge in [0.15, 0.2) is 10.4 Å². The third kappa shape index (κ3) is 4.60. The van der Waals surface area contributed by atoms with E-state index in [1.807, 2.05) is 0 Å². The van der Waals surface area contributed by atoms with E-state index >= 15 is 0 Å². The molecule has 1 saturated carbocycles. The van der Waals surface area contributed by atoms with E-state index in [0.29, 0.717) is 23.1 Å². The summed E-state index contributed by atoms with van der Waals surface area (Å²) in [6.45, 7) is 4.75. The Morgan fingerprint density at radius 2 is 2.09 bits per heavy atom. The first kappa shape index (κ1) is 17.1. The standard InChI is InChI=1S/C16H23BrN2O3/c1-10-4-3-5-12(11(10)2)19-15(20)8-9-18-16(21)13-6-7-14(17)22-13/h6-7,10-12H,3-5,8-9H2,1-2H3,(H,18,21)(H,19,20)/t10-,11+,12+/m1/s1. The summed E-state index contributed by atoms with van der Waals surface area (Å²) in [5.74, 6) is 1.08. The van der Waals surface area contributed by atoms with Gasteiger partial charge >= 0.3 is 0 Å². The summed E-state index contributed by atoms with van der Waals surface area (Å²) in [7, 11) is 0. The van der Waals surface area contributed by atoms with E-state index in [4.69, 9.17) is 4.42 Å². The first-order valence-electron chi connectivity index (χ1n) is 7.80. The molecule has 2 N–H and O–H groups in total. The van der Waals surface area contributed by atoms with Gasteiger partial charge in [0.2, 0.25) is 5.91 Å². The van der Waals surface area contributed by atoms with Crippen molar-refractivity contribution in [3.8, 4) is 0 Å². The topological polar surface area (TPSA) is 71.3 Å². The predicted octanol–water partition coefficient (Wildman–Crippen LogP) is 3.10. The lowest BCUT2D eigenvalue weighted by atomic mass is 9.78. The fourth-order valence-electron chi connectivity index (χ4n) is 2.88. The van der Waals surface area contributed by atoms with Gasteiger partial charge in [-0.15, -0.1) is 0 Å². The molecule has 2 rings (SSSR count). The Morgan fingerprint density at radius 3 is 2.77 bits per heavy atom. The lowest BCUT2D eigenvalue weighted by Gasteiger charge is -2.34. The van der Waals surface area contributed by atoms with Crippen LogP contribution in [-0.4, -0.2) is 24.4 Å². The van der Waals surface area contributed by atoms with Gasteiger partial charge in [-0.3, -0.25) is 9.59 Å². The molecule has 1 fully saturated rings. The second-order valence-corrected chi connectivity index (χ2v) is 6.83. The van der Waals surface area contributed by atoms with E-state index in [2.05, 4.69) is 40.4 Å². The molecular formula is C16H23BrN2O3. The highest BCUT2D eigenvalue weighted by molar-refractivity contribution is 9.10. The molecular weight excluding hydrogens is 348 g/mol. The van der Waals surface area contributed by atoms with Crippen molar-refractivity contribution in [1.82, 2.24) is 10.6 Å².